The Balaban J connectivity index is 2.48. The zero-order valence-electron chi connectivity index (χ0n) is 9.60. The lowest BCUT2D eigenvalue weighted by molar-refractivity contribution is 0.0954. The van der Waals surface area contributed by atoms with Crippen LogP contribution in [0.3, 0.4) is 0 Å². The average molecular weight is 384 g/mol. The van der Waals surface area contributed by atoms with Crippen molar-refractivity contribution in [3.8, 4) is 5.75 Å². The van der Waals surface area contributed by atoms with E-state index in [0.29, 0.717) is 9.13 Å². The van der Waals surface area contributed by atoms with E-state index >= 15 is 0 Å². The van der Waals surface area contributed by atoms with Crippen molar-refractivity contribution in [2.75, 3.05) is 19.3 Å². The first-order valence-electron chi connectivity index (χ1n) is 5.01. The molecule has 0 aliphatic heterocycles. The van der Waals surface area contributed by atoms with Crippen molar-refractivity contribution >= 4 is 38.5 Å². The molecule has 1 aromatic carbocycles. The van der Waals surface area contributed by atoms with Gasteiger partial charge in [-0.25, -0.2) is 13.1 Å². The largest absolute Gasteiger partial charge is 0.507 e. The highest BCUT2D eigenvalue weighted by Crippen LogP contribution is 2.20. The minimum Gasteiger partial charge on any atom is -0.507 e. The Bertz CT molecular complexity index is 545. The third kappa shape index (κ3) is 5.19. The molecule has 0 bridgehead atoms. The Morgan fingerprint density at radius 2 is 2.06 bits per heavy atom. The molecule has 3 N–H and O–H groups in total. The molecule has 0 aliphatic carbocycles. The summed E-state index contributed by atoms with van der Waals surface area (Å²) in [7, 11) is -3.24. The van der Waals surface area contributed by atoms with Gasteiger partial charge in [-0.3, -0.25) is 4.79 Å². The van der Waals surface area contributed by atoms with Gasteiger partial charge in [0.05, 0.1) is 9.83 Å². The first kappa shape index (κ1) is 15.2. The summed E-state index contributed by atoms with van der Waals surface area (Å²) in [6.07, 6.45) is 1.05. The van der Waals surface area contributed by atoms with Gasteiger partial charge < -0.3 is 10.4 Å². The molecule has 0 heterocycles. The minimum atomic E-state index is -3.24. The second-order valence-corrected chi connectivity index (χ2v) is 6.58. The lowest BCUT2D eigenvalue weighted by atomic mass is 10.2. The molecule has 1 amide bonds. The number of phenolic OH excluding ortho intramolecular Hbond substituents is 1. The SMILES string of the molecule is CS(=O)(=O)NCCNC(=O)c1ccc(I)c(O)c1. The Labute approximate surface area is 119 Å². The molecule has 8 heteroatoms. The molecule has 0 unspecified atom stereocenters. The van der Waals surface area contributed by atoms with E-state index < -0.39 is 10.0 Å². The maximum Gasteiger partial charge on any atom is 0.251 e. The summed E-state index contributed by atoms with van der Waals surface area (Å²) in [6, 6.07) is 4.57. The quantitative estimate of drug-likeness (QED) is 0.502. The summed E-state index contributed by atoms with van der Waals surface area (Å²) in [6.45, 7) is 0.305. The van der Waals surface area contributed by atoms with Crippen molar-refractivity contribution < 1.29 is 18.3 Å². The minimum absolute atomic E-state index is 0.0394. The number of halogens is 1. The lowest BCUT2D eigenvalue weighted by Gasteiger charge is -2.06. The monoisotopic (exact) mass is 384 g/mol. The summed E-state index contributed by atoms with van der Waals surface area (Å²) in [5.74, 6) is -0.325. The predicted octanol–water partition coefficient (Wildman–Crippen LogP) is 0.276. The Kier molecular flexibility index (Phi) is 5.35. The van der Waals surface area contributed by atoms with Gasteiger partial charge >= 0.3 is 0 Å². The zero-order chi connectivity index (χ0) is 13.8. The van der Waals surface area contributed by atoms with Crippen LogP contribution in [0.1, 0.15) is 10.4 Å². The van der Waals surface area contributed by atoms with Crippen LogP contribution in [-0.4, -0.2) is 38.8 Å². The molecule has 6 nitrogen and oxygen atoms in total. The van der Waals surface area contributed by atoms with Gasteiger partial charge in [0.25, 0.3) is 5.91 Å². The number of hydrogen-bond donors (Lipinski definition) is 3. The van der Waals surface area contributed by atoms with E-state index in [0.717, 1.165) is 6.26 Å². The standard InChI is InChI=1S/C10H13IN2O4S/c1-18(16,17)13-5-4-12-10(15)7-2-3-8(11)9(14)6-7/h2-3,6,13-14H,4-5H2,1H3,(H,12,15). The molecule has 100 valence electrons. The van der Waals surface area contributed by atoms with Gasteiger partial charge in [0, 0.05) is 18.7 Å². The van der Waals surface area contributed by atoms with Crippen molar-refractivity contribution in [2.24, 2.45) is 0 Å². The van der Waals surface area contributed by atoms with Crippen molar-refractivity contribution in [2.45, 2.75) is 0 Å². The van der Waals surface area contributed by atoms with Crippen LogP contribution >= 0.6 is 22.6 Å². The van der Waals surface area contributed by atoms with E-state index in [-0.39, 0.29) is 24.7 Å². The summed E-state index contributed by atoms with van der Waals surface area (Å²) in [5.41, 5.74) is 0.326. The van der Waals surface area contributed by atoms with Crippen LogP contribution in [0.2, 0.25) is 0 Å². The average Bonchev–Trinajstić information content (AvgIpc) is 2.26. The summed E-state index contributed by atoms with van der Waals surface area (Å²) in [4.78, 5) is 11.6. The fourth-order valence-corrected chi connectivity index (χ4v) is 1.98. The molecule has 0 aliphatic rings. The lowest BCUT2D eigenvalue weighted by Crippen LogP contribution is -2.34. The van der Waals surface area contributed by atoms with Crippen molar-refractivity contribution in [3.05, 3.63) is 27.3 Å². The molecule has 0 spiro atoms. The molecule has 0 saturated heterocycles. The number of amides is 1. The summed E-state index contributed by atoms with van der Waals surface area (Å²) in [5, 5.41) is 12.0. The van der Waals surface area contributed by atoms with Gasteiger partial charge in [0.15, 0.2) is 0 Å². The van der Waals surface area contributed by atoms with Crippen LogP contribution in [0.25, 0.3) is 0 Å². The number of aromatic hydroxyl groups is 1. The van der Waals surface area contributed by atoms with Crippen LogP contribution in [0.5, 0.6) is 5.75 Å². The van der Waals surface area contributed by atoms with E-state index in [1.807, 2.05) is 22.6 Å². The van der Waals surface area contributed by atoms with Gasteiger partial charge in [-0.2, -0.15) is 0 Å². The number of sulfonamides is 1. The highest BCUT2D eigenvalue weighted by molar-refractivity contribution is 14.1. The highest BCUT2D eigenvalue weighted by Gasteiger charge is 2.08. The van der Waals surface area contributed by atoms with E-state index in [2.05, 4.69) is 10.0 Å². The number of benzene rings is 1. The number of carbonyl (C=O) groups excluding carboxylic acids is 1. The number of carbonyl (C=O) groups is 1. The number of phenols is 1. The van der Waals surface area contributed by atoms with Crippen molar-refractivity contribution in [1.29, 1.82) is 0 Å². The van der Waals surface area contributed by atoms with Gasteiger partial charge in [-0.05, 0) is 40.8 Å². The molecule has 0 atom stereocenters. The molecular formula is C10H13IN2O4S. The normalized spacial score (nSPS) is 11.2. The number of nitrogens with one attached hydrogen (secondary N) is 2. The van der Waals surface area contributed by atoms with Crippen molar-refractivity contribution in [1.82, 2.24) is 10.0 Å². The first-order valence-corrected chi connectivity index (χ1v) is 7.98. The summed E-state index contributed by atoms with van der Waals surface area (Å²) < 4.78 is 24.5. The molecule has 0 aromatic heterocycles. The molecule has 1 aromatic rings. The van der Waals surface area contributed by atoms with Gasteiger partial charge in [-0.1, -0.05) is 0 Å². The smallest absolute Gasteiger partial charge is 0.251 e. The van der Waals surface area contributed by atoms with E-state index in [1.54, 1.807) is 12.1 Å². The highest BCUT2D eigenvalue weighted by atomic mass is 127. The third-order valence-electron chi connectivity index (χ3n) is 1.98. The Morgan fingerprint density at radius 1 is 1.39 bits per heavy atom. The van der Waals surface area contributed by atoms with Gasteiger partial charge in [0.2, 0.25) is 10.0 Å². The van der Waals surface area contributed by atoms with Crippen LogP contribution in [-0.2, 0) is 10.0 Å². The maximum absolute atomic E-state index is 11.6. The third-order valence-corrected chi connectivity index (χ3v) is 3.62. The first-order chi connectivity index (χ1) is 8.29. The van der Waals surface area contributed by atoms with E-state index in [1.165, 1.54) is 6.07 Å². The predicted molar refractivity (Wildman–Crippen MR) is 76.0 cm³/mol. The number of hydrogen-bond acceptors (Lipinski definition) is 4. The molecular weight excluding hydrogens is 371 g/mol. The second-order valence-electron chi connectivity index (χ2n) is 3.59. The van der Waals surface area contributed by atoms with E-state index in [4.69, 9.17) is 0 Å². The fourth-order valence-electron chi connectivity index (χ4n) is 1.17. The zero-order valence-corrected chi connectivity index (χ0v) is 12.6. The molecule has 0 fully saturated rings. The second kappa shape index (κ2) is 6.34. The molecule has 0 radical (unpaired) electrons. The van der Waals surface area contributed by atoms with Crippen LogP contribution < -0.4 is 10.0 Å². The van der Waals surface area contributed by atoms with Crippen LogP contribution in [0.15, 0.2) is 18.2 Å². The van der Waals surface area contributed by atoms with Gasteiger partial charge in [0.1, 0.15) is 5.75 Å². The molecule has 1 rings (SSSR count). The molecule has 18 heavy (non-hydrogen) atoms. The topological polar surface area (TPSA) is 95.5 Å². The van der Waals surface area contributed by atoms with Crippen LogP contribution in [0.4, 0.5) is 0 Å². The Morgan fingerprint density at radius 3 is 2.61 bits per heavy atom. The molecule has 0 saturated carbocycles. The Hall–Kier alpha value is -0.870. The van der Waals surface area contributed by atoms with Crippen molar-refractivity contribution in [3.63, 3.8) is 0 Å². The summed E-state index contributed by atoms with van der Waals surface area (Å²) >= 11 is 1.95. The maximum atomic E-state index is 11.6. The van der Waals surface area contributed by atoms with E-state index in [9.17, 15) is 18.3 Å². The van der Waals surface area contributed by atoms with Gasteiger partial charge in [-0.15, -0.1) is 0 Å². The fraction of sp³-hybridized carbons (Fsp3) is 0.300. The number of rotatable bonds is 5. The van der Waals surface area contributed by atoms with Crippen LogP contribution in [0, 0.1) is 3.57 Å².